The Morgan fingerprint density at radius 3 is 0.700 bits per heavy atom. The predicted octanol–water partition coefficient (Wildman–Crippen LogP) is 12.7. The van der Waals surface area contributed by atoms with Gasteiger partial charge in [-0.2, -0.15) is 0 Å². The summed E-state index contributed by atoms with van der Waals surface area (Å²) in [5.74, 6) is -1.81. The number of carbonyl (C=O) groups is 4. The maximum atomic E-state index is 13.6. The van der Waals surface area contributed by atoms with Crippen LogP contribution in [0.5, 0.6) is 0 Å². The van der Waals surface area contributed by atoms with E-state index in [1.54, 1.807) is 0 Å². The van der Waals surface area contributed by atoms with Crippen LogP contribution in [0, 0.1) is 0 Å². The Labute approximate surface area is 472 Å². The third kappa shape index (κ3) is 11.3. The average Bonchev–Trinajstić information content (AvgIpc) is 4.28. The monoisotopic (exact) mass is 1130 g/mol. The second-order valence-electron chi connectivity index (χ2n) is 24.7. The molecule has 0 unspecified atom stereocenters. The second-order valence-corrected chi connectivity index (χ2v) is 45.0. The number of aromatic amines is 2. The van der Waals surface area contributed by atoms with Crippen LogP contribution in [-0.4, -0.2) is 105 Å². The summed E-state index contributed by atoms with van der Waals surface area (Å²) < 4.78 is 21.5. The summed E-state index contributed by atoms with van der Waals surface area (Å²) in [6.45, 7) is 26.9. The number of hydrogen-bond donors (Lipinski definition) is 2. The number of H-pyrrole nitrogens is 2. The SMILES string of the molecule is COC(=O)c1cc(-c2c3nc(c(-c4cc(C(=O)OC)cc([Si](C)(C)C)c4)c4ccc([nH]4)c(-c4cc(C(=O)OC)cc([Si](C)(C)C)c4)c4nc(c(-c5cc(C(=O)OC)cc([Si](C)(C)C)c5)c5ccc2[nH]5)C=C4)C=C3)cc([Si](C)(C)C)c1. The fourth-order valence-corrected chi connectivity index (χ4v) is 14.9. The highest BCUT2D eigenvalue weighted by atomic mass is 28.3. The van der Waals surface area contributed by atoms with Crippen molar-refractivity contribution in [2.24, 2.45) is 0 Å². The number of rotatable bonds is 12. The van der Waals surface area contributed by atoms with Gasteiger partial charge in [-0.3, -0.25) is 0 Å². The van der Waals surface area contributed by atoms with Crippen LogP contribution >= 0.6 is 0 Å². The van der Waals surface area contributed by atoms with Crippen LogP contribution in [0.2, 0.25) is 78.6 Å². The van der Waals surface area contributed by atoms with E-state index in [1.807, 2.05) is 97.1 Å². The minimum atomic E-state index is -2.08. The second kappa shape index (κ2) is 21.4. The highest BCUT2D eigenvalue weighted by Gasteiger charge is 2.28. The molecule has 0 radical (unpaired) electrons. The Kier molecular flexibility index (Phi) is 15.2. The van der Waals surface area contributed by atoms with Crippen LogP contribution in [0.25, 0.3) is 90.9 Å². The van der Waals surface area contributed by atoms with Crippen molar-refractivity contribution in [1.29, 1.82) is 0 Å². The number of ether oxygens (including phenoxy) is 4. The molecule has 0 aliphatic carbocycles. The first-order chi connectivity index (χ1) is 37.6. The minimum Gasteiger partial charge on any atom is -0.465 e. The summed E-state index contributed by atoms with van der Waals surface area (Å²) in [4.78, 5) is 73.3. The Hall–Kier alpha value is -7.77. The van der Waals surface area contributed by atoms with Crippen molar-refractivity contribution in [2.75, 3.05) is 28.4 Å². The number of esters is 4. The number of nitrogens with one attached hydrogen (secondary N) is 2. The van der Waals surface area contributed by atoms with Gasteiger partial charge in [-0.05, 0) is 119 Å². The molecule has 80 heavy (non-hydrogen) atoms. The van der Waals surface area contributed by atoms with Crippen molar-refractivity contribution in [2.45, 2.75) is 78.6 Å². The molecule has 0 saturated carbocycles. The number of fused-ring (bicyclic) bond motifs is 8. The topological polar surface area (TPSA) is 163 Å². The Morgan fingerprint density at radius 1 is 0.325 bits per heavy atom. The summed E-state index contributed by atoms with van der Waals surface area (Å²) in [5.41, 5.74) is 13.0. The van der Waals surface area contributed by atoms with E-state index in [0.717, 1.165) is 65.3 Å². The summed E-state index contributed by atoms with van der Waals surface area (Å²) >= 11 is 0. The van der Waals surface area contributed by atoms with Crippen molar-refractivity contribution < 1.29 is 38.1 Å². The molecule has 0 atom stereocenters. The molecule has 16 heteroatoms. The van der Waals surface area contributed by atoms with E-state index >= 15 is 0 Å². The normalized spacial score (nSPS) is 12.6. The van der Waals surface area contributed by atoms with Gasteiger partial charge in [0.05, 0.1) is 106 Å². The molecule has 7 aromatic rings. The van der Waals surface area contributed by atoms with E-state index < -0.39 is 56.2 Å². The fourth-order valence-electron chi connectivity index (χ4n) is 10.2. The quantitative estimate of drug-likeness (QED) is 0.0684. The molecule has 0 amide bonds. The number of aromatic nitrogens is 4. The van der Waals surface area contributed by atoms with Crippen LogP contribution in [-0.2, 0) is 18.9 Å². The van der Waals surface area contributed by atoms with E-state index in [9.17, 15) is 19.2 Å². The summed E-state index contributed by atoms with van der Waals surface area (Å²) in [5, 5.41) is 4.22. The van der Waals surface area contributed by atoms with Crippen LogP contribution in [0.4, 0.5) is 0 Å². The Morgan fingerprint density at radius 2 is 0.525 bits per heavy atom. The zero-order valence-corrected chi connectivity index (χ0v) is 52.7. The zero-order chi connectivity index (χ0) is 58.0. The molecule has 8 bridgehead atoms. The van der Waals surface area contributed by atoms with Gasteiger partial charge < -0.3 is 28.9 Å². The third-order valence-corrected chi connectivity index (χ3v) is 22.9. The average molecular weight is 1140 g/mol. The first-order valence-corrected chi connectivity index (χ1v) is 40.7. The number of benzene rings is 4. The molecule has 0 saturated heterocycles. The van der Waals surface area contributed by atoms with Gasteiger partial charge in [0.15, 0.2) is 0 Å². The molecule has 12 nitrogen and oxygen atoms in total. The lowest BCUT2D eigenvalue weighted by Crippen LogP contribution is -2.38. The largest absolute Gasteiger partial charge is 0.465 e. The van der Waals surface area contributed by atoms with Crippen molar-refractivity contribution in [3.63, 3.8) is 0 Å². The maximum absolute atomic E-state index is 13.6. The molecule has 3 aromatic heterocycles. The number of nitrogens with zero attached hydrogens (tertiary/aromatic N) is 2. The van der Waals surface area contributed by atoms with E-state index in [2.05, 4.69) is 113 Å². The molecule has 0 spiro atoms. The van der Waals surface area contributed by atoms with Crippen LogP contribution in [0.1, 0.15) is 64.2 Å². The molecule has 410 valence electrons. The Bertz CT molecular complexity index is 3470. The molecular formula is C64H70N4O8Si4. The summed E-state index contributed by atoms with van der Waals surface area (Å²) in [7, 11) is -2.76. The van der Waals surface area contributed by atoms with Crippen molar-refractivity contribution >= 4 is 123 Å². The van der Waals surface area contributed by atoms with Crippen molar-refractivity contribution in [3.05, 3.63) is 142 Å². The van der Waals surface area contributed by atoms with Gasteiger partial charge in [0.25, 0.3) is 0 Å². The first kappa shape index (κ1) is 56.9. The van der Waals surface area contributed by atoms with E-state index in [1.165, 1.54) is 28.4 Å². The van der Waals surface area contributed by atoms with E-state index in [4.69, 9.17) is 28.9 Å². The highest BCUT2D eigenvalue weighted by molar-refractivity contribution is 6.90. The molecule has 2 aliphatic rings. The van der Waals surface area contributed by atoms with Gasteiger partial charge in [0.1, 0.15) is 0 Å². The molecule has 2 aliphatic heterocycles. The standard InChI is InChI=1S/C64H70N4O8Si4/c1-73-61(69)41-25-37(29-45(33-41)77(5,6)7)57-49-17-19-51(65-49)58(38-26-42(62(70)74-2)34-46(30-38)78(8,9)10)53-21-23-55(67-53)60(40-28-44(64(72)76-4)36-48(32-40)80(14,15)16)56-24-22-54(68-56)59(52-20-18-50(57)66-52)39-27-43(63(71)75-3)35-47(31-39)79(11,12)13/h17-36,65,68H,1-16H3. The minimum absolute atomic E-state index is 0.422. The lowest BCUT2D eigenvalue weighted by atomic mass is 10.0. The van der Waals surface area contributed by atoms with Crippen LogP contribution < -0.4 is 20.7 Å². The lowest BCUT2D eigenvalue weighted by Gasteiger charge is -2.20. The first-order valence-electron chi connectivity index (χ1n) is 26.7. The Balaban J connectivity index is 1.55. The van der Waals surface area contributed by atoms with Crippen LogP contribution in [0.3, 0.4) is 0 Å². The van der Waals surface area contributed by atoms with Gasteiger partial charge in [0, 0.05) is 44.3 Å². The van der Waals surface area contributed by atoms with Gasteiger partial charge in [-0.25, -0.2) is 29.1 Å². The third-order valence-electron chi connectivity index (χ3n) is 14.8. The summed E-state index contributed by atoms with van der Waals surface area (Å²) in [6.07, 6.45) is 8.00. The lowest BCUT2D eigenvalue weighted by molar-refractivity contribution is 0.0592. The van der Waals surface area contributed by atoms with Gasteiger partial charge in [0.2, 0.25) is 0 Å². The maximum Gasteiger partial charge on any atom is 0.337 e. The predicted molar refractivity (Wildman–Crippen MR) is 338 cm³/mol. The van der Waals surface area contributed by atoms with Crippen molar-refractivity contribution in [1.82, 2.24) is 19.9 Å². The van der Waals surface area contributed by atoms with Crippen LogP contribution in [0.15, 0.2) is 97.1 Å². The fraction of sp³-hybridized carbons (Fsp3) is 0.250. The number of methoxy groups -OCH3 is 4. The van der Waals surface area contributed by atoms with E-state index in [0.29, 0.717) is 67.1 Å². The molecule has 5 heterocycles. The zero-order valence-electron chi connectivity index (χ0n) is 48.7. The number of carbonyl (C=O) groups excluding carboxylic acids is 4. The molecule has 2 N–H and O–H groups in total. The summed E-state index contributed by atoms with van der Waals surface area (Å²) in [6, 6.07) is 32.0. The molecule has 9 rings (SSSR count). The molecule has 4 aromatic carbocycles. The van der Waals surface area contributed by atoms with Crippen molar-refractivity contribution in [3.8, 4) is 44.5 Å². The smallest absolute Gasteiger partial charge is 0.337 e. The van der Waals surface area contributed by atoms with E-state index in [-0.39, 0.29) is 0 Å². The number of hydrogen-bond acceptors (Lipinski definition) is 10. The molecule has 0 fully saturated rings. The highest BCUT2D eigenvalue weighted by Crippen LogP contribution is 2.40. The van der Waals surface area contributed by atoms with Gasteiger partial charge >= 0.3 is 23.9 Å². The van der Waals surface area contributed by atoms with Gasteiger partial charge in [-0.15, -0.1) is 0 Å². The van der Waals surface area contributed by atoms with Gasteiger partial charge in [-0.1, -0.05) is 124 Å². The molecular weight excluding hydrogens is 1070 g/mol.